The third-order valence-electron chi connectivity index (χ3n) is 2.89. The van der Waals surface area contributed by atoms with Crippen molar-refractivity contribution in [3.63, 3.8) is 0 Å². The van der Waals surface area contributed by atoms with Gasteiger partial charge in [0.15, 0.2) is 0 Å². The Labute approximate surface area is 101 Å². The first-order valence-corrected chi connectivity index (χ1v) is 5.93. The summed E-state index contributed by atoms with van der Waals surface area (Å²) in [6.07, 6.45) is 2.83. The van der Waals surface area contributed by atoms with E-state index in [1.807, 2.05) is 6.92 Å². The van der Waals surface area contributed by atoms with Gasteiger partial charge in [-0.3, -0.25) is 0 Å². The van der Waals surface area contributed by atoms with Crippen molar-refractivity contribution in [1.82, 2.24) is 9.97 Å². The molecule has 4 nitrogen and oxygen atoms in total. The summed E-state index contributed by atoms with van der Waals surface area (Å²) in [5, 5.41) is 0.532. The Morgan fingerprint density at radius 1 is 1.56 bits per heavy atom. The summed E-state index contributed by atoms with van der Waals surface area (Å²) in [5.41, 5.74) is 0.945. The maximum absolute atomic E-state index is 5.99. The van der Waals surface area contributed by atoms with Crippen LogP contribution >= 0.6 is 11.6 Å². The van der Waals surface area contributed by atoms with Crippen LogP contribution in [0.1, 0.15) is 18.9 Å². The molecule has 88 valence electrons. The molecule has 0 radical (unpaired) electrons. The molecule has 2 heterocycles. The summed E-state index contributed by atoms with van der Waals surface area (Å²) in [6.45, 7) is 6.58. The first-order chi connectivity index (χ1) is 7.72. The van der Waals surface area contributed by atoms with Gasteiger partial charge in [0.05, 0.1) is 12.7 Å². The van der Waals surface area contributed by atoms with Gasteiger partial charge in [0, 0.05) is 18.7 Å². The molecule has 1 fully saturated rings. The van der Waals surface area contributed by atoms with E-state index in [1.165, 1.54) is 6.33 Å². The molecule has 0 bridgehead atoms. The molecule has 0 amide bonds. The predicted molar refractivity (Wildman–Crippen MR) is 64.0 cm³/mol. The number of hydrogen-bond acceptors (Lipinski definition) is 4. The van der Waals surface area contributed by atoms with Crippen molar-refractivity contribution in [3.05, 3.63) is 17.0 Å². The Morgan fingerprint density at radius 2 is 2.38 bits per heavy atom. The molecule has 16 heavy (non-hydrogen) atoms. The fourth-order valence-electron chi connectivity index (χ4n) is 1.90. The molecule has 0 saturated carbocycles. The Hall–Kier alpha value is -0.870. The third-order valence-corrected chi connectivity index (χ3v) is 3.27. The highest BCUT2D eigenvalue weighted by molar-refractivity contribution is 6.30. The van der Waals surface area contributed by atoms with Gasteiger partial charge in [-0.25, -0.2) is 9.97 Å². The number of aromatic nitrogens is 2. The number of ether oxygens (including phenoxy) is 1. The highest BCUT2D eigenvalue weighted by Crippen LogP contribution is 2.24. The van der Waals surface area contributed by atoms with E-state index in [0.717, 1.165) is 37.5 Å². The number of halogens is 1. The highest BCUT2D eigenvalue weighted by Gasteiger charge is 2.21. The minimum absolute atomic E-state index is 0.293. The van der Waals surface area contributed by atoms with Gasteiger partial charge in [0.1, 0.15) is 17.3 Å². The fraction of sp³-hybridized carbons (Fsp3) is 0.636. The monoisotopic (exact) mass is 241 g/mol. The molecule has 1 atom stereocenters. The van der Waals surface area contributed by atoms with Crippen molar-refractivity contribution in [1.29, 1.82) is 0 Å². The van der Waals surface area contributed by atoms with Gasteiger partial charge in [-0.2, -0.15) is 0 Å². The van der Waals surface area contributed by atoms with E-state index in [2.05, 4.69) is 21.8 Å². The molecule has 5 heteroatoms. The molecule has 0 aromatic carbocycles. The van der Waals surface area contributed by atoms with Gasteiger partial charge in [0.25, 0.3) is 0 Å². The summed E-state index contributed by atoms with van der Waals surface area (Å²) < 4.78 is 5.63. The SMILES string of the molecule is CCC1CN(c2ncnc(Cl)c2C)CCO1. The van der Waals surface area contributed by atoms with Gasteiger partial charge in [-0.05, 0) is 13.3 Å². The van der Waals surface area contributed by atoms with Crippen LogP contribution < -0.4 is 4.90 Å². The van der Waals surface area contributed by atoms with Crippen LogP contribution in [0.4, 0.5) is 5.82 Å². The molecule has 1 unspecified atom stereocenters. The molecule has 1 aliphatic heterocycles. The zero-order valence-electron chi connectivity index (χ0n) is 9.61. The minimum atomic E-state index is 0.293. The Balaban J connectivity index is 2.20. The topological polar surface area (TPSA) is 38.2 Å². The maximum atomic E-state index is 5.99. The minimum Gasteiger partial charge on any atom is -0.375 e. The van der Waals surface area contributed by atoms with Crippen LogP contribution in [0, 0.1) is 6.92 Å². The smallest absolute Gasteiger partial charge is 0.137 e. The van der Waals surface area contributed by atoms with E-state index in [-0.39, 0.29) is 0 Å². The number of nitrogens with zero attached hydrogens (tertiary/aromatic N) is 3. The number of anilines is 1. The molecule has 2 rings (SSSR count). The lowest BCUT2D eigenvalue weighted by Gasteiger charge is -2.34. The predicted octanol–water partition coefficient (Wildman–Crippen LogP) is 2.05. The highest BCUT2D eigenvalue weighted by atomic mass is 35.5. The van der Waals surface area contributed by atoms with Gasteiger partial charge < -0.3 is 9.64 Å². The third kappa shape index (κ3) is 2.28. The summed E-state index contributed by atoms with van der Waals surface area (Å²) >= 11 is 5.99. The largest absolute Gasteiger partial charge is 0.375 e. The van der Waals surface area contributed by atoms with Crippen molar-refractivity contribution in [2.24, 2.45) is 0 Å². The standard InChI is InChI=1S/C11H16ClN3O/c1-3-9-6-15(4-5-16-9)11-8(2)10(12)13-7-14-11/h7,9H,3-6H2,1-2H3. The van der Waals surface area contributed by atoms with E-state index in [0.29, 0.717) is 11.3 Å². The zero-order chi connectivity index (χ0) is 11.5. The van der Waals surface area contributed by atoms with Crippen molar-refractivity contribution < 1.29 is 4.74 Å². The average molecular weight is 242 g/mol. The lowest BCUT2D eigenvalue weighted by atomic mass is 10.2. The fourth-order valence-corrected chi connectivity index (χ4v) is 2.03. The second kappa shape index (κ2) is 4.97. The summed E-state index contributed by atoms with van der Waals surface area (Å²) in [6, 6.07) is 0. The van der Waals surface area contributed by atoms with Gasteiger partial charge in [-0.1, -0.05) is 18.5 Å². The van der Waals surface area contributed by atoms with Crippen molar-refractivity contribution >= 4 is 17.4 Å². The molecular formula is C11H16ClN3O. The molecule has 0 aliphatic carbocycles. The average Bonchev–Trinajstić information content (AvgIpc) is 2.33. The van der Waals surface area contributed by atoms with Crippen molar-refractivity contribution in [2.45, 2.75) is 26.4 Å². The molecule has 0 spiro atoms. The second-order valence-electron chi connectivity index (χ2n) is 3.96. The summed E-state index contributed by atoms with van der Waals surface area (Å²) in [7, 11) is 0. The lowest BCUT2D eigenvalue weighted by Crippen LogP contribution is -2.43. The van der Waals surface area contributed by atoms with E-state index in [4.69, 9.17) is 16.3 Å². The molecule has 1 aromatic rings. The van der Waals surface area contributed by atoms with Crippen LogP contribution in [0.25, 0.3) is 0 Å². The zero-order valence-corrected chi connectivity index (χ0v) is 10.4. The molecule has 1 aliphatic rings. The Bertz CT molecular complexity index is 372. The van der Waals surface area contributed by atoms with Gasteiger partial charge in [0.2, 0.25) is 0 Å². The van der Waals surface area contributed by atoms with Crippen LogP contribution in [-0.4, -0.2) is 35.8 Å². The number of rotatable bonds is 2. The lowest BCUT2D eigenvalue weighted by molar-refractivity contribution is 0.0381. The van der Waals surface area contributed by atoms with Crippen LogP contribution in [0.15, 0.2) is 6.33 Å². The Morgan fingerprint density at radius 3 is 3.12 bits per heavy atom. The van der Waals surface area contributed by atoms with Crippen molar-refractivity contribution in [2.75, 3.05) is 24.6 Å². The van der Waals surface area contributed by atoms with Crippen LogP contribution in [0.3, 0.4) is 0 Å². The van der Waals surface area contributed by atoms with E-state index in [1.54, 1.807) is 0 Å². The van der Waals surface area contributed by atoms with Crippen molar-refractivity contribution in [3.8, 4) is 0 Å². The Kier molecular flexibility index (Phi) is 3.61. The van der Waals surface area contributed by atoms with E-state index >= 15 is 0 Å². The molecule has 1 aromatic heterocycles. The summed E-state index contributed by atoms with van der Waals surface area (Å²) in [4.78, 5) is 10.5. The normalized spacial score (nSPS) is 21.2. The van der Waals surface area contributed by atoms with Crippen LogP contribution in [0.5, 0.6) is 0 Å². The molecule has 1 saturated heterocycles. The van der Waals surface area contributed by atoms with Crippen LogP contribution in [-0.2, 0) is 4.74 Å². The first kappa shape index (κ1) is 11.6. The number of morpholine rings is 1. The van der Waals surface area contributed by atoms with Gasteiger partial charge >= 0.3 is 0 Å². The molecular weight excluding hydrogens is 226 g/mol. The number of hydrogen-bond donors (Lipinski definition) is 0. The van der Waals surface area contributed by atoms with Crippen LogP contribution in [0.2, 0.25) is 5.15 Å². The van der Waals surface area contributed by atoms with E-state index < -0.39 is 0 Å². The molecule has 0 N–H and O–H groups in total. The quantitative estimate of drug-likeness (QED) is 0.743. The van der Waals surface area contributed by atoms with Gasteiger partial charge in [-0.15, -0.1) is 0 Å². The second-order valence-corrected chi connectivity index (χ2v) is 4.32. The first-order valence-electron chi connectivity index (χ1n) is 5.56. The van der Waals surface area contributed by atoms with E-state index in [9.17, 15) is 0 Å². The summed E-state index contributed by atoms with van der Waals surface area (Å²) in [5.74, 6) is 0.932. The maximum Gasteiger partial charge on any atom is 0.137 e.